The fraction of sp³-hybridized carbons (Fsp3) is 0. The predicted octanol–water partition coefficient (Wildman–Crippen LogP) is 4.03. The number of nitrogen functional groups attached to an aromatic ring is 1. The van der Waals surface area contributed by atoms with E-state index in [1.165, 1.54) is 10.8 Å². The molecular weight excluding hydrogens is 258 g/mol. The largest absolute Gasteiger partial charge is 0.383 e. The number of hydrogen-bond acceptors (Lipinski definition) is 3. The number of rotatable bonds is 1. The first-order valence-corrected chi connectivity index (χ1v) is 6.81. The molecule has 0 atom stereocenters. The second kappa shape index (κ2) is 4.56. The van der Waals surface area contributed by atoms with Crippen LogP contribution in [0.15, 0.2) is 67.0 Å². The molecule has 0 spiro atoms. The molecular formula is C18H13N3. The van der Waals surface area contributed by atoms with Crippen molar-refractivity contribution in [1.29, 1.82) is 0 Å². The van der Waals surface area contributed by atoms with Crippen molar-refractivity contribution in [3.8, 4) is 11.3 Å². The van der Waals surface area contributed by atoms with E-state index in [1.807, 2.05) is 24.3 Å². The highest BCUT2D eigenvalue weighted by Crippen LogP contribution is 2.30. The lowest BCUT2D eigenvalue weighted by molar-refractivity contribution is 1.32. The molecule has 0 unspecified atom stereocenters. The minimum atomic E-state index is 0.517. The van der Waals surface area contributed by atoms with Gasteiger partial charge in [0.2, 0.25) is 0 Å². The van der Waals surface area contributed by atoms with Crippen molar-refractivity contribution in [2.75, 3.05) is 5.73 Å². The summed E-state index contributed by atoms with van der Waals surface area (Å²) in [6.07, 6.45) is 3.53. The first-order chi connectivity index (χ1) is 10.3. The minimum absolute atomic E-state index is 0.517. The van der Waals surface area contributed by atoms with Crippen molar-refractivity contribution in [1.82, 2.24) is 9.97 Å². The Hall–Kier alpha value is -2.94. The predicted molar refractivity (Wildman–Crippen MR) is 86.9 cm³/mol. The molecule has 4 rings (SSSR count). The average molecular weight is 271 g/mol. The highest BCUT2D eigenvalue weighted by Gasteiger charge is 2.08. The molecule has 2 aromatic heterocycles. The maximum absolute atomic E-state index is 6.09. The van der Waals surface area contributed by atoms with Crippen LogP contribution in [0.3, 0.4) is 0 Å². The zero-order chi connectivity index (χ0) is 14.2. The summed E-state index contributed by atoms with van der Waals surface area (Å²) in [4.78, 5) is 8.67. The summed E-state index contributed by atoms with van der Waals surface area (Å²) in [6.45, 7) is 0. The molecule has 21 heavy (non-hydrogen) atoms. The molecule has 100 valence electrons. The standard InChI is InChI=1S/C18H13N3/c19-18-16-11-20-9-8-13(16)10-17(21-18)15-7-3-5-12-4-1-2-6-14(12)15/h1-11H,(H2,19,21). The number of benzene rings is 2. The molecule has 0 aliphatic carbocycles. The SMILES string of the molecule is Nc1nc(-c2cccc3ccccc23)cc2ccncc12. The van der Waals surface area contributed by atoms with Crippen LogP contribution in [0, 0.1) is 0 Å². The quantitative estimate of drug-likeness (QED) is 0.568. The maximum atomic E-state index is 6.09. The van der Waals surface area contributed by atoms with Gasteiger partial charge in [0.1, 0.15) is 5.82 Å². The number of anilines is 1. The van der Waals surface area contributed by atoms with Crippen molar-refractivity contribution in [2.45, 2.75) is 0 Å². The third-order valence-corrected chi connectivity index (χ3v) is 3.73. The summed E-state index contributed by atoms with van der Waals surface area (Å²) >= 11 is 0. The van der Waals surface area contributed by atoms with E-state index in [1.54, 1.807) is 12.4 Å². The van der Waals surface area contributed by atoms with Crippen LogP contribution in [-0.4, -0.2) is 9.97 Å². The van der Waals surface area contributed by atoms with Gasteiger partial charge in [-0.2, -0.15) is 0 Å². The van der Waals surface area contributed by atoms with Gasteiger partial charge in [0.25, 0.3) is 0 Å². The van der Waals surface area contributed by atoms with Crippen molar-refractivity contribution in [2.24, 2.45) is 0 Å². The van der Waals surface area contributed by atoms with Gasteiger partial charge in [-0.1, -0.05) is 42.5 Å². The van der Waals surface area contributed by atoms with E-state index in [0.717, 1.165) is 22.0 Å². The zero-order valence-corrected chi connectivity index (χ0v) is 11.3. The molecule has 2 aromatic carbocycles. The van der Waals surface area contributed by atoms with Crippen molar-refractivity contribution >= 4 is 27.4 Å². The molecule has 0 amide bonds. The Kier molecular flexibility index (Phi) is 2.57. The molecule has 3 nitrogen and oxygen atoms in total. The highest BCUT2D eigenvalue weighted by atomic mass is 14.8. The van der Waals surface area contributed by atoms with Gasteiger partial charge < -0.3 is 5.73 Å². The molecule has 0 bridgehead atoms. The van der Waals surface area contributed by atoms with E-state index in [9.17, 15) is 0 Å². The molecule has 0 fully saturated rings. The van der Waals surface area contributed by atoms with E-state index in [2.05, 4.69) is 40.3 Å². The number of nitrogens with two attached hydrogens (primary N) is 1. The normalized spacial score (nSPS) is 11.0. The molecule has 0 saturated heterocycles. The summed E-state index contributed by atoms with van der Waals surface area (Å²) in [7, 11) is 0. The van der Waals surface area contributed by atoms with Gasteiger partial charge in [-0.05, 0) is 28.3 Å². The summed E-state index contributed by atoms with van der Waals surface area (Å²) < 4.78 is 0. The Morgan fingerprint density at radius 3 is 2.62 bits per heavy atom. The van der Waals surface area contributed by atoms with E-state index >= 15 is 0 Å². The topological polar surface area (TPSA) is 51.8 Å². The second-order valence-corrected chi connectivity index (χ2v) is 5.02. The van der Waals surface area contributed by atoms with E-state index in [4.69, 9.17) is 5.73 Å². The summed E-state index contributed by atoms with van der Waals surface area (Å²) in [5.41, 5.74) is 8.07. The lowest BCUT2D eigenvalue weighted by Gasteiger charge is -2.09. The molecule has 4 aromatic rings. The first-order valence-electron chi connectivity index (χ1n) is 6.81. The van der Waals surface area contributed by atoms with Gasteiger partial charge in [-0.3, -0.25) is 4.98 Å². The Morgan fingerprint density at radius 1 is 0.810 bits per heavy atom. The number of hydrogen-bond donors (Lipinski definition) is 1. The third-order valence-electron chi connectivity index (χ3n) is 3.73. The fourth-order valence-electron chi connectivity index (χ4n) is 2.70. The minimum Gasteiger partial charge on any atom is -0.383 e. The van der Waals surface area contributed by atoms with Crippen LogP contribution in [0.4, 0.5) is 5.82 Å². The molecule has 0 aliphatic heterocycles. The number of aromatic nitrogens is 2. The first kappa shape index (κ1) is 11.9. The summed E-state index contributed by atoms with van der Waals surface area (Å²) in [5, 5.41) is 4.33. The van der Waals surface area contributed by atoms with Gasteiger partial charge in [-0.25, -0.2) is 4.98 Å². The van der Waals surface area contributed by atoms with Crippen molar-refractivity contribution in [3.63, 3.8) is 0 Å². The van der Waals surface area contributed by atoms with Crippen LogP contribution >= 0.6 is 0 Å². The van der Waals surface area contributed by atoms with Gasteiger partial charge in [0.15, 0.2) is 0 Å². The number of fused-ring (bicyclic) bond motifs is 2. The Labute approximate surface area is 122 Å². The fourth-order valence-corrected chi connectivity index (χ4v) is 2.70. The zero-order valence-electron chi connectivity index (χ0n) is 11.3. The Bertz CT molecular complexity index is 955. The van der Waals surface area contributed by atoms with Crippen LogP contribution in [0.2, 0.25) is 0 Å². The maximum Gasteiger partial charge on any atom is 0.133 e. The molecule has 0 radical (unpaired) electrons. The van der Waals surface area contributed by atoms with Gasteiger partial charge in [-0.15, -0.1) is 0 Å². The smallest absolute Gasteiger partial charge is 0.133 e. The molecule has 0 aliphatic rings. The van der Waals surface area contributed by atoms with E-state index in [0.29, 0.717) is 5.82 Å². The Morgan fingerprint density at radius 2 is 1.67 bits per heavy atom. The van der Waals surface area contributed by atoms with Crippen LogP contribution in [-0.2, 0) is 0 Å². The van der Waals surface area contributed by atoms with Crippen LogP contribution < -0.4 is 5.73 Å². The number of pyridine rings is 2. The highest BCUT2D eigenvalue weighted by molar-refractivity contribution is 5.99. The van der Waals surface area contributed by atoms with Gasteiger partial charge in [0, 0.05) is 23.3 Å². The average Bonchev–Trinajstić information content (AvgIpc) is 2.54. The summed E-state index contributed by atoms with van der Waals surface area (Å²) in [5.74, 6) is 0.517. The Balaban J connectivity index is 2.05. The van der Waals surface area contributed by atoms with Gasteiger partial charge >= 0.3 is 0 Å². The van der Waals surface area contributed by atoms with Crippen LogP contribution in [0.25, 0.3) is 32.8 Å². The molecule has 2 heterocycles. The van der Waals surface area contributed by atoms with Crippen LogP contribution in [0.1, 0.15) is 0 Å². The van der Waals surface area contributed by atoms with Crippen molar-refractivity contribution < 1.29 is 0 Å². The lowest BCUT2D eigenvalue weighted by atomic mass is 10.0. The third kappa shape index (κ3) is 1.91. The molecule has 2 N–H and O–H groups in total. The molecule has 3 heteroatoms. The van der Waals surface area contributed by atoms with Crippen LogP contribution in [0.5, 0.6) is 0 Å². The van der Waals surface area contributed by atoms with E-state index < -0.39 is 0 Å². The van der Waals surface area contributed by atoms with E-state index in [-0.39, 0.29) is 0 Å². The monoisotopic (exact) mass is 271 g/mol. The lowest BCUT2D eigenvalue weighted by Crippen LogP contribution is -1.95. The summed E-state index contributed by atoms with van der Waals surface area (Å²) in [6, 6.07) is 18.6. The van der Waals surface area contributed by atoms with Gasteiger partial charge in [0.05, 0.1) is 5.69 Å². The molecule has 0 saturated carbocycles. The number of nitrogens with zero attached hydrogens (tertiary/aromatic N) is 2. The second-order valence-electron chi connectivity index (χ2n) is 5.02. The van der Waals surface area contributed by atoms with Crippen molar-refractivity contribution in [3.05, 3.63) is 67.0 Å².